The van der Waals surface area contributed by atoms with Crippen LogP contribution in [0.3, 0.4) is 0 Å². The first kappa shape index (κ1) is 14.4. The first-order chi connectivity index (χ1) is 10.1. The van der Waals surface area contributed by atoms with Gasteiger partial charge in [0.25, 0.3) is 0 Å². The summed E-state index contributed by atoms with van der Waals surface area (Å²) in [5, 5.41) is 0. The number of aryl methyl sites for hydroxylation is 1. The molecule has 1 fully saturated rings. The minimum atomic E-state index is 0.0397. The van der Waals surface area contributed by atoms with Crippen LogP contribution in [0.25, 0.3) is 0 Å². The third-order valence-electron chi connectivity index (χ3n) is 3.99. The summed E-state index contributed by atoms with van der Waals surface area (Å²) in [6.45, 7) is 3.75. The molecule has 2 aliphatic rings. The second-order valence-electron chi connectivity index (χ2n) is 5.64. The number of likely N-dealkylation sites (tertiary alicyclic amines) is 1. The van der Waals surface area contributed by atoms with E-state index in [1.807, 2.05) is 28.8 Å². The van der Waals surface area contributed by atoms with Gasteiger partial charge in [0, 0.05) is 24.4 Å². The van der Waals surface area contributed by atoms with Crippen LogP contribution in [0.1, 0.15) is 24.8 Å². The first-order valence-electron chi connectivity index (χ1n) is 7.47. The van der Waals surface area contributed by atoms with Crippen LogP contribution in [0.4, 0.5) is 5.69 Å². The van der Waals surface area contributed by atoms with Crippen LogP contribution in [0, 0.1) is 6.92 Å². The molecule has 2 aliphatic heterocycles. The number of nitrogens with zero attached hydrogens (tertiary/aromatic N) is 2. The molecule has 0 spiro atoms. The van der Waals surface area contributed by atoms with Crippen LogP contribution >= 0.6 is 11.8 Å². The molecular formula is C16H20N2O2S. The molecule has 5 heteroatoms. The van der Waals surface area contributed by atoms with E-state index < -0.39 is 0 Å². The van der Waals surface area contributed by atoms with E-state index in [1.165, 1.54) is 10.5 Å². The number of amides is 2. The smallest absolute Gasteiger partial charge is 0.246 e. The van der Waals surface area contributed by atoms with Gasteiger partial charge in [-0.2, -0.15) is 0 Å². The Kier molecular flexibility index (Phi) is 4.19. The summed E-state index contributed by atoms with van der Waals surface area (Å²) >= 11 is 1.81. The molecule has 2 heterocycles. The Balaban J connectivity index is 1.81. The number of carbonyl (C=O) groups excluding carboxylic acids is 2. The molecule has 1 saturated heterocycles. The number of rotatable bonds is 2. The number of hydrogen-bond acceptors (Lipinski definition) is 3. The molecule has 2 amide bonds. The zero-order valence-corrected chi connectivity index (χ0v) is 13.1. The van der Waals surface area contributed by atoms with Crippen LogP contribution in [0.15, 0.2) is 23.1 Å². The summed E-state index contributed by atoms with van der Waals surface area (Å²) in [6.07, 6.45) is 2.44. The lowest BCUT2D eigenvalue weighted by Crippen LogP contribution is -2.41. The molecule has 1 aromatic rings. The maximum atomic E-state index is 12.6. The summed E-state index contributed by atoms with van der Waals surface area (Å²) in [4.78, 5) is 29.0. The molecule has 4 nitrogen and oxygen atoms in total. The van der Waals surface area contributed by atoms with Crippen molar-refractivity contribution in [1.29, 1.82) is 0 Å². The van der Waals surface area contributed by atoms with Gasteiger partial charge in [-0.1, -0.05) is 6.07 Å². The second kappa shape index (κ2) is 6.10. The van der Waals surface area contributed by atoms with E-state index in [1.54, 1.807) is 4.90 Å². The van der Waals surface area contributed by atoms with Crippen molar-refractivity contribution >= 4 is 29.3 Å². The van der Waals surface area contributed by atoms with Crippen molar-refractivity contribution in [3.8, 4) is 0 Å². The summed E-state index contributed by atoms with van der Waals surface area (Å²) in [6, 6.07) is 6.23. The highest BCUT2D eigenvalue weighted by Gasteiger charge is 2.27. The second-order valence-corrected chi connectivity index (χ2v) is 6.77. The SMILES string of the molecule is Cc1ccc2c(c1)SCCCN2C(=O)CN1CCCC1=O. The van der Waals surface area contributed by atoms with E-state index in [2.05, 4.69) is 13.0 Å². The maximum absolute atomic E-state index is 12.6. The van der Waals surface area contributed by atoms with Crippen LogP contribution in [-0.4, -0.2) is 42.1 Å². The summed E-state index contributed by atoms with van der Waals surface area (Å²) < 4.78 is 0. The third-order valence-corrected chi connectivity index (χ3v) is 5.12. The van der Waals surface area contributed by atoms with E-state index in [0.29, 0.717) is 13.0 Å². The molecule has 0 aliphatic carbocycles. The Labute approximate surface area is 129 Å². The molecule has 112 valence electrons. The van der Waals surface area contributed by atoms with E-state index in [9.17, 15) is 9.59 Å². The van der Waals surface area contributed by atoms with Crippen molar-refractivity contribution in [2.75, 3.05) is 30.3 Å². The summed E-state index contributed by atoms with van der Waals surface area (Å²) in [5.74, 6) is 1.18. The lowest BCUT2D eigenvalue weighted by molar-refractivity contribution is -0.132. The third kappa shape index (κ3) is 3.07. The van der Waals surface area contributed by atoms with Crippen molar-refractivity contribution in [1.82, 2.24) is 4.90 Å². The number of carbonyl (C=O) groups is 2. The van der Waals surface area contributed by atoms with Gasteiger partial charge in [0.05, 0.1) is 5.69 Å². The maximum Gasteiger partial charge on any atom is 0.246 e. The largest absolute Gasteiger partial charge is 0.333 e. The highest BCUT2D eigenvalue weighted by molar-refractivity contribution is 7.99. The molecule has 0 saturated carbocycles. The Hall–Kier alpha value is -1.49. The van der Waals surface area contributed by atoms with Gasteiger partial charge < -0.3 is 9.80 Å². The van der Waals surface area contributed by atoms with E-state index in [4.69, 9.17) is 0 Å². The van der Waals surface area contributed by atoms with Gasteiger partial charge in [0.2, 0.25) is 11.8 Å². The number of fused-ring (bicyclic) bond motifs is 1. The Morgan fingerprint density at radius 2 is 2.14 bits per heavy atom. The average Bonchev–Trinajstić information content (AvgIpc) is 2.74. The number of benzene rings is 1. The van der Waals surface area contributed by atoms with E-state index in [-0.39, 0.29) is 18.4 Å². The quantitative estimate of drug-likeness (QED) is 0.842. The minimum absolute atomic E-state index is 0.0397. The average molecular weight is 304 g/mol. The highest BCUT2D eigenvalue weighted by Crippen LogP contribution is 2.34. The van der Waals surface area contributed by atoms with Gasteiger partial charge in [0.1, 0.15) is 6.54 Å². The molecule has 21 heavy (non-hydrogen) atoms. The van der Waals surface area contributed by atoms with Gasteiger partial charge in [-0.15, -0.1) is 11.8 Å². The number of hydrogen-bond donors (Lipinski definition) is 0. The Morgan fingerprint density at radius 1 is 1.29 bits per heavy atom. The predicted molar refractivity (Wildman–Crippen MR) is 84.7 cm³/mol. The van der Waals surface area contributed by atoms with E-state index >= 15 is 0 Å². The molecule has 0 unspecified atom stereocenters. The first-order valence-corrected chi connectivity index (χ1v) is 8.45. The van der Waals surface area contributed by atoms with Crippen LogP contribution in [-0.2, 0) is 9.59 Å². The standard InChI is InChI=1S/C16H20N2O2S/c1-12-5-6-13-14(10-12)21-9-3-8-18(13)16(20)11-17-7-2-4-15(17)19/h5-6,10H,2-4,7-9,11H2,1H3. The zero-order valence-electron chi connectivity index (χ0n) is 12.3. The molecule has 0 N–H and O–H groups in total. The van der Waals surface area contributed by atoms with Gasteiger partial charge in [-0.3, -0.25) is 9.59 Å². The fourth-order valence-corrected chi connectivity index (χ4v) is 3.95. The normalized spacial score (nSPS) is 18.6. The molecule has 0 radical (unpaired) electrons. The Morgan fingerprint density at radius 3 is 2.90 bits per heavy atom. The van der Waals surface area contributed by atoms with Crippen LogP contribution < -0.4 is 4.90 Å². The van der Waals surface area contributed by atoms with Crippen molar-refractivity contribution in [3.63, 3.8) is 0 Å². The molecule has 3 rings (SSSR count). The Bertz CT molecular complexity index is 573. The summed E-state index contributed by atoms with van der Waals surface area (Å²) in [7, 11) is 0. The van der Waals surface area contributed by atoms with E-state index in [0.717, 1.165) is 30.8 Å². The van der Waals surface area contributed by atoms with Crippen LogP contribution in [0.2, 0.25) is 0 Å². The highest BCUT2D eigenvalue weighted by atomic mass is 32.2. The lowest BCUT2D eigenvalue weighted by Gasteiger charge is -2.25. The predicted octanol–water partition coefficient (Wildman–Crippen LogP) is 2.45. The van der Waals surface area contributed by atoms with Gasteiger partial charge in [-0.05, 0) is 43.2 Å². The molecule has 0 bridgehead atoms. The van der Waals surface area contributed by atoms with Gasteiger partial charge in [-0.25, -0.2) is 0 Å². The topological polar surface area (TPSA) is 40.6 Å². The van der Waals surface area contributed by atoms with Crippen molar-refractivity contribution in [3.05, 3.63) is 23.8 Å². The van der Waals surface area contributed by atoms with Crippen molar-refractivity contribution in [2.24, 2.45) is 0 Å². The van der Waals surface area contributed by atoms with Crippen molar-refractivity contribution < 1.29 is 9.59 Å². The minimum Gasteiger partial charge on any atom is -0.333 e. The molecular weight excluding hydrogens is 284 g/mol. The molecule has 0 aromatic heterocycles. The van der Waals surface area contributed by atoms with Gasteiger partial charge in [0.15, 0.2) is 0 Å². The fraction of sp³-hybridized carbons (Fsp3) is 0.500. The zero-order chi connectivity index (χ0) is 14.8. The molecule has 0 atom stereocenters. The van der Waals surface area contributed by atoms with Crippen molar-refractivity contribution in [2.45, 2.75) is 31.1 Å². The summed E-state index contributed by atoms with van der Waals surface area (Å²) in [5.41, 5.74) is 2.21. The van der Waals surface area contributed by atoms with Crippen LogP contribution in [0.5, 0.6) is 0 Å². The molecule has 1 aromatic carbocycles. The lowest BCUT2D eigenvalue weighted by atomic mass is 10.2. The van der Waals surface area contributed by atoms with Gasteiger partial charge >= 0.3 is 0 Å². The monoisotopic (exact) mass is 304 g/mol. The fourth-order valence-electron chi connectivity index (χ4n) is 2.86. The number of anilines is 1. The number of thioether (sulfide) groups is 1.